The molecule has 0 amide bonds. The van der Waals surface area contributed by atoms with Crippen LogP contribution in [0.25, 0.3) is 0 Å². The number of carbonyl (C=O) groups excluding carboxylic acids is 1. The van der Waals surface area contributed by atoms with Crippen LogP contribution in [0.4, 0.5) is 5.82 Å². The Labute approximate surface area is 137 Å². The topological polar surface area (TPSA) is 96.3 Å². The molecule has 130 valence electrons. The summed E-state index contributed by atoms with van der Waals surface area (Å²) in [5.74, 6) is -0.198. The Bertz CT molecular complexity index is 726. The van der Waals surface area contributed by atoms with E-state index in [1.165, 1.54) is 18.7 Å². The van der Waals surface area contributed by atoms with Crippen molar-refractivity contribution in [3.05, 3.63) is 26.4 Å². The summed E-state index contributed by atoms with van der Waals surface area (Å²) < 4.78 is 7.98. The Morgan fingerprint density at radius 1 is 1.17 bits per heavy atom. The first-order valence-corrected chi connectivity index (χ1v) is 10.4. The average molecular weight is 341 g/mol. The smallest absolute Gasteiger partial charge is 0.332 e. The van der Waals surface area contributed by atoms with E-state index < -0.39 is 19.6 Å². The molecule has 1 rings (SSSR count). The Hall–Kier alpha value is -1.67. The van der Waals surface area contributed by atoms with Crippen molar-refractivity contribution in [2.24, 2.45) is 14.1 Å². The van der Waals surface area contributed by atoms with Crippen LogP contribution in [0.2, 0.25) is 18.1 Å². The van der Waals surface area contributed by atoms with Crippen LogP contribution in [0, 0.1) is 0 Å². The van der Waals surface area contributed by atoms with Gasteiger partial charge in [-0.3, -0.25) is 18.7 Å². The van der Waals surface area contributed by atoms with Crippen molar-refractivity contribution < 1.29 is 9.22 Å². The van der Waals surface area contributed by atoms with Gasteiger partial charge in [-0.05, 0) is 18.1 Å². The molecule has 1 heterocycles. The number of hydrogen-bond acceptors (Lipinski definition) is 5. The molecule has 0 radical (unpaired) electrons. The number of nitrogen functional groups attached to an aromatic ring is 1. The van der Waals surface area contributed by atoms with Gasteiger partial charge < -0.3 is 10.2 Å². The molecule has 2 N–H and O–H groups in total. The normalized spacial score (nSPS) is 12.5. The minimum absolute atomic E-state index is 0.000904. The second-order valence-electron chi connectivity index (χ2n) is 7.33. The molecule has 0 aliphatic carbocycles. The van der Waals surface area contributed by atoms with Gasteiger partial charge in [-0.15, -0.1) is 0 Å². The highest BCUT2D eigenvalue weighted by Gasteiger charge is 2.37. The second kappa shape index (κ2) is 6.44. The van der Waals surface area contributed by atoms with Gasteiger partial charge in [0.15, 0.2) is 14.1 Å². The Balaban J connectivity index is 2.97. The number of hydrogen-bond donors (Lipinski definition) is 1. The lowest BCUT2D eigenvalue weighted by Gasteiger charge is -2.35. The predicted molar refractivity (Wildman–Crippen MR) is 93.2 cm³/mol. The highest BCUT2D eigenvalue weighted by molar-refractivity contribution is 6.74. The minimum Gasteiger partial charge on any atom is -0.410 e. The fourth-order valence-corrected chi connectivity index (χ4v) is 2.78. The van der Waals surface area contributed by atoms with Gasteiger partial charge in [0.25, 0.3) is 5.56 Å². The molecule has 0 saturated heterocycles. The molecule has 23 heavy (non-hydrogen) atoms. The molecule has 0 bridgehead atoms. The molecule has 0 spiro atoms. The largest absolute Gasteiger partial charge is 0.410 e. The van der Waals surface area contributed by atoms with Gasteiger partial charge in [-0.25, -0.2) is 4.79 Å². The monoisotopic (exact) mass is 341 g/mol. The van der Waals surface area contributed by atoms with E-state index in [-0.39, 0.29) is 35.2 Å². The molecule has 1 aromatic rings. The summed E-state index contributed by atoms with van der Waals surface area (Å²) in [4.78, 5) is 36.1. The van der Waals surface area contributed by atoms with Crippen LogP contribution in [0.3, 0.4) is 0 Å². The van der Waals surface area contributed by atoms with Gasteiger partial charge in [0.1, 0.15) is 5.82 Å². The van der Waals surface area contributed by atoms with E-state index in [1.807, 2.05) is 0 Å². The highest BCUT2D eigenvalue weighted by Crippen LogP contribution is 2.36. The maximum absolute atomic E-state index is 12.2. The molecule has 0 aliphatic heterocycles. The van der Waals surface area contributed by atoms with Gasteiger partial charge in [0, 0.05) is 20.5 Å². The van der Waals surface area contributed by atoms with Crippen LogP contribution in [0.5, 0.6) is 0 Å². The number of ketones is 1. The minimum atomic E-state index is -2.03. The van der Waals surface area contributed by atoms with Crippen molar-refractivity contribution >= 4 is 19.9 Å². The summed E-state index contributed by atoms with van der Waals surface area (Å²) in [7, 11) is 0.801. The van der Waals surface area contributed by atoms with E-state index in [0.717, 1.165) is 4.57 Å². The summed E-state index contributed by atoms with van der Waals surface area (Å²) in [5, 5.41) is -0.000904. The van der Waals surface area contributed by atoms with Crippen molar-refractivity contribution in [1.82, 2.24) is 9.13 Å². The van der Waals surface area contributed by atoms with Crippen LogP contribution in [-0.2, 0) is 29.7 Å². The molecular formula is C15H27N3O4Si. The predicted octanol–water partition coefficient (Wildman–Crippen LogP) is 0.800. The summed E-state index contributed by atoms with van der Waals surface area (Å²) in [6, 6.07) is 0. The number of nitrogens with two attached hydrogens (primary N) is 1. The first kappa shape index (κ1) is 19.4. The zero-order valence-electron chi connectivity index (χ0n) is 15.0. The van der Waals surface area contributed by atoms with Crippen molar-refractivity contribution in [2.45, 2.75) is 45.3 Å². The maximum atomic E-state index is 12.2. The quantitative estimate of drug-likeness (QED) is 0.799. The van der Waals surface area contributed by atoms with Crippen LogP contribution in [0.15, 0.2) is 9.59 Å². The van der Waals surface area contributed by atoms with Crippen molar-refractivity contribution in [3.8, 4) is 0 Å². The fraction of sp³-hybridized carbons (Fsp3) is 0.667. The SMILES string of the molecule is Cn1c(N)c(CC(=O)CO[Si](C)(C)C(C)(C)C)c(=O)n(C)c1=O. The number of rotatable bonds is 5. The van der Waals surface area contributed by atoms with Crippen LogP contribution < -0.4 is 17.0 Å². The van der Waals surface area contributed by atoms with E-state index in [2.05, 4.69) is 33.9 Å². The lowest BCUT2D eigenvalue weighted by Crippen LogP contribution is -2.43. The van der Waals surface area contributed by atoms with Gasteiger partial charge in [-0.1, -0.05) is 20.8 Å². The maximum Gasteiger partial charge on any atom is 0.332 e. The third-order valence-corrected chi connectivity index (χ3v) is 9.06. The van der Waals surface area contributed by atoms with E-state index >= 15 is 0 Å². The first-order valence-electron chi connectivity index (χ1n) is 7.49. The van der Waals surface area contributed by atoms with Crippen LogP contribution in [0.1, 0.15) is 26.3 Å². The molecule has 0 aliphatic rings. The zero-order valence-corrected chi connectivity index (χ0v) is 16.0. The first-order chi connectivity index (χ1) is 10.3. The van der Waals surface area contributed by atoms with Crippen LogP contribution >= 0.6 is 0 Å². The van der Waals surface area contributed by atoms with E-state index in [4.69, 9.17) is 10.2 Å². The Morgan fingerprint density at radius 2 is 1.70 bits per heavy atom. The number of nitrogens with zero attached hydrogens (tertiary/aromatic N) is 2. The number of anilines is 1. The summed E-state index contributed by atoms with van der Waals surface area (Å²) in [6.45, 7) is 10.3. The summed E-state index contributed by atoms with van der Waals surface area (Å²) in [5.41, 5.74) is 4.91. The number of carbonyl (C=O) groups is 1. The van der Waals surface area contributed by atoms with E-state index in [1.54, 1.807) is 0 Å². The summed E-state index contributed by atoms with van der Waals surface area (Å²) >= 11 is 0. The molecule has 0 unspecified atom stereocenters. The molecule has 0 aromatic carbocycles. The molecule has 7 nitrogen and oxygen atoms in total. The lowest BCUT2D eigenvalue weighted by atomic mass is 10.1. The van der Waals surface area contributed by atoms with Gasteiger partial charge in [-0.2, -0.15) is 0 Å². The Morgan fingerprint density at radius 3 is 2.17 bits per heavy atom. The lowest BCUT2D eigenvalue weighted by molar-refractivity contribution is -0.120. The van der Waals surface area contributed by atoms with E-state index in [9.17, 15) is 14.4 Å². The van der Waals surface area contributed by atoms with E-state index in [0.29, 0.717) is 0 Å². The number of aromatic nitrogens is 2. The molecule has 0 atom stereocenters. The van der Waals surface area contributed by atoms with Crippen molar-refractivity contribution in [3.63, 3.8) is 0 Å². The fourth-order valence-electron chi connectivity index (χ4n) is 1.82. The highest BCUT2D eigenvalue weighted by atomic mass is 28.4. The second-order valence-corrected chi connectivity index (χ2v) is 12.1. The molecule has 1 aromatic heterocycles. The molecular weight excluding hydrogens is 314 g/mol. The summed E-state index contributed by atoms with van der Waals surface area (Å²) in [6.07, 6.45) is -0.138. The number of Topliss-reactive ketones (excluding diaryl/α,β-unsaturated/α-hetero) is 1. The zero-order chi connectivity index (χ0) is 18.2. The molecule has 0 fully saturated rings. The molecule has 0 saturated carbocycles. The average Bonchev–Trinajstić information content (AvgIpc) is 2.44. The van der Waals surface area contributed by atoms with Crippen LogP contribution in [-0.4, -0.2) is 29.8 Å². The van der Waals surface area contributed by atoms with Crippen molar-refractivity contribution in [2.75, 3.05) is 12.3 Å². The van der Waals surface area contributed by atoms with Gasteiger partial charge >= 0.3 is 5.69 Å². The van der Waals surface area contributed by atoms with Gasteiger partial charge in [0.05, 0.1) is 12.2 Å². The molecule has 8 heteroatoms. The standard InChI is InChI=1S/C15H27N3O4Si/c1-15(2,3)23(6,7)22-9-10(19)8-11-12(16)17(4)14(21)18(5)13(11)20/h8-9,16H2,1-7H3. The third kappa shape index (κ3) is 4.00. The Kier molecular flexibility index (Phi) is 5.43. The van der Waals surface area contributed by atoms with Gasteiger partial charge in [0.2, 0.25) is 0 Å². The third-order valence-electron chi connectivity index (χ3n) is 4.58. The van der Waals surface area contributed by atoms with Crippen molar-refractivity contribution in [1.29, 1.82) is 0 Å².